The summed E-state index contributed by atoms with van der Waals surface area (Å²) in [6, 6.07) is 16.2. The number of anilines is 2. The first-order valence-corrected chi connectivity index (χ1v) is 12.7. The lowest BCUT2D eigenvalue weighted by atomic mass is 10.00. The van der Waals surface area contributed by atoms with Crippen LogP contribution in [0.4, 0.5) is 11.4 Å². The van der Waals surface area contributed by atoms with Crippen LogP contribution in [0.15, 0.2) is 60.9 Å². The maximum atomic E-state index is 12.3. The number of carbonyl (C=O) groups is 1. The fourth-order valence-corrected chi connectivity index (χ4v) is 5.71. The number of hydrogen-bond donors (Lipinski definition) is 2. The summed E-state index contributed by atoms with van der Waals surface area (Å²) in [6.45, 7) is -0.0453. The van der Waals surface area contributed by atoms with Gasteiger partial charge in [0.15, 0.2) is 5.11 Å². The molecule has 2 aromatic heterocycles. The average Bonchev–Trinajstić information content (AvgIpc) is 3.64. The van der Waals surface area contributed by atoms with Crippen LogP contribution >= 0.6 is 12.2 Å². The van der Waals surface area contributed by atoms with Crippen molar-refractivity contribution in [2.45, 2.75) is 43.8 Å². The predicted molar refractivity (Wildman–Crippen MR) is 143 cm³/mol. The second-order valence-corrected chi connectivity index (χ2v) is 9.53. The second-order valence-electron chi connectivity index (χ2n) is 9.14. The van der Waals surface area contributed by atoms with Crippen LogP contribution in [0.3, 0.4) is 0 Å². The highest BCUT2D eigenvalue weighted by molar-refractivity contribution is 7.80. The monoisotopic (exact) mass is 505 g/mol. The highest BCUT2D eigenvalue weighted by atomic mass is 32.1. The zero-order chi connectivity index (χ0) is 25.1. The highest BCUT2D eigenvalue weighted by Gasteiger charge is 2.42. The van der Waals surface area contributed by atoms with E-state index in [-0.39, 0.29) is 24.6 Å². The van der Waals surface area contributed by atoms with Gasteiger partial charge in [-0.25, -0.2) is 0 Å². The Labute approximate surface area is 216 Å². The molecule has 2 aliphatic rings. The third-order valence-electron chi connectivity index (χ3n) is 6.94. The molecule has 1 saturated heterocycles. The van der Waals surface area contributed by atoms with Gasteiger partial charge < -0.3 is 29.6 Å². The van der Waals surface area contributed by atoms with Crippen LogP contribution in [0.5, 0.6) is 5.75 Å². The minimum atomic E-state index is -0.256. The number of hydrogen-bond acceptors (Lipinski definition) is 5. The fourth-order valence-electron chi connectivity index (χ4n) is 5.37. The van der Waals surface area contributed by atoms with Crippen molar-refractivity contribution in [1.29, 1.82) is 0 Å². The highest BCUT2D eigenvalue weighted by Crippen LogP contribution is 2.45. The number of amides is 1. The zero-order valence-corrected chi connectivity index (χ0v) is 21.3. The molecule has 0 spiro atoms. The van der Waals surface area contributed by atoms with Crippen molar-refractivity contribution < 1.29 is 14.3 Å². The molecule has 1 aliphatic carbocycles. The topological polar surface area (TPSA) is 80.7 Å². The standard InChI is InChI=1S/C27H31N5O3S/c1-34-17-24(33)29-21-16-19(12-13-23(21)35-2)32-26(22-11-7-15-31(22)18-8-3-4-9-18)25(30-27(32)36)20-10-5-6-14-28-20/h5-7,10-16,18,25-26H,3-4,8-9,17H2,1-2H3,(H,29,33)(H,30,36)/t25-,26-/m1/s1. The van der Waals surface area contributed by atoms with Crippen molar-refractivity contribution in [3.05, 3.63) is 72.3 Å². The number of carbonyl (C=O) groups excluding carboxylic acids is 1. The smallest absolute Gasteiger partial charge is 0.250 e. The van der Waals surface area contributed by atoms with E-state index < -0.39 is 0 Å². The Morgan fingerprint density at radius 1 is 1.17 bits per heavy atom. The van der Waals surface area contributed by atoms with E-state index in [1.807, 2.05) is 42.6 Å². The summed E-state index contributed by atoms with van der Waals surface area (Å²) in [4.78, 5) is 19.1. The first-order valence-electron chi connectivity index (χ1n) is 12.2. The van der Waals surface area contributed by atoms with E-state index in [0.29, 0.717) is 22.6 Å². The normalized spacial score (nSPS) is 19.9. The minimum Gasteiger partial charge on any atom is -0.495 e. The van der Waals surface area contributed by atoms with Gasteiger partial charge in [0.05, 0.1) is 24.5 Å². The van der Waals surface area contributed by atoms with Crippen molar-refractivity contribution in [3.8, 4) is 5.75 Å². The minimum absolute atomic E-state index is 0.0453. The van der Waals surface area contributed by atoms with Crippen molar-refractivity contribution in [2.75, 3.05) is 31.0 Å². The molecule has 8 nitrogen and oxygen atoms in total. The number of aromatic nitrogens is 2. The molecule has 2 N–H and O–H groups in total. The Morgan fingerprint density at radius 3 is 2.72 bits per heavy atom. The Kier molecular flexibility index (Phi) is 7.20. The van der Waals surface area contributed by atoms with Gasteiger partial charge in [0, 0.05) is 36.9 Å². The Hall–Kier alpha value is -3.43. The Balaban J connectivity index is 1.59. The average molecular weight is 506 g/mol. The quantitative estimate of drug-likeness (QED) is 0.427. The molecule has 2 atom stereocenters. The van der Waals surface area contributed by atoms with E-state index in [1.165, 1.54) is 38.5 Å². The van der Waals surface area contributed by atoms with E-state index in [0.717, 1.165) is 11.4 Å². The Bertz CT molecular complexity index is 1230. The van der Waals surface area contributed by atoms with E-state index in [2.05, 4.69) is 43.4 Å². The van der Waals surface area contributed by atoms with E-state index in [4.69, 9.17) is 21.7 Å². The number of rotatable bonds is 8. The summed E-state index contributed by atoms with van der Waals surface area (Å²) in [5, 5.41) is 7.03. The van der Waals surface area contributed by atoms with Gasteiger partial charge in [0.25, 0.3) is 0 Å². The first kappa shape index (κ1) is 24.3. The number of nitrogens with zero attached hydrogens (tertiary/aromatic N) is 3. The molecule has 0 unspecified atom stereocenters. The molecule has 1 amide bonds. The van der Waals surface area contributed by atoms with Crippen molar-refractivity contribution in [2.24, 2.45) is 0 Å². The van der Waals surface area contributed by atoms with Gasteiger partial charge in [-0.15, -0.1) is 0 Å². The molecule has 1 aliphatic heterocycles. The van der Waals surface area contributed by atoms with E-state index >= 15 is 0 Å². The molecule has 1 saturated carbocycles. The number of nitrogens with one attached hydrogen (secondary N) is 2. The van der Waals surface area contributed by atoms with Crippen LogP contribution in [0.25, 0.3) is 0 Å². The van der Waals surface area contributed by atoms with Gasteiger partial charge in [-0.1, -0.05) is 18.9 Å². The van der Waals surface area contributed by atoms with Gasteiger partial charge in [-0.3, -0.25) is 9.78 Å². The van der Waals surface area contributed by atoms with Gasteiger partial charge in [-0.05, 0) is 67.5 Å². The molecular formula is C27H31N5O3S. The number of ether oxygens (including phenoxy) is 2. The third-order valence-corrected chi connectivity index (χ3v) is 7.26. The van der Waals surface area contributed by atoms with E-state index in [1.54, 1.807) is 7.11 Å². The van der Waals surface area contributed by atoms with Crippen LogP contribution in [0.1, 0.15) is 55.2 Å². The number of thiocarbonyl (C=S) groups is 1. The molecule has 1 aromatic carbocycles. The van der Waals surface area contributed by atoms with Crippen LogP contribution < -0.4 is 20.3 Å². The van der Waals surface area contributed by atoms with Crippen LogP contribution in [-0.4, -0.2) is 41.4 Å². The zero-order valence-electron chi connectivity index (χ0n) is 20.5. The van der Waals surface area contributed by atoms with Gasteiger partial charge in [-0.2, -0.15) is 0 Å². The Morgan fingerprint density at radius 2 is 2.00 bits per heavy atom. The third kappa shape index (κ3) is 4.68. The molecule has 0 bridgehead atoms. The molecule has 3 aromatic rings. The lowest BCUT2D eigenvalue weighted by molar-refractivity contribution is -0.119. The molecule has 0 radical (unpaired) electrons. The summed E-state index contributed by atoms with van der Waals surface area (Å²) in [5.74, 6) is 0.307. The van der Waals surface area contributed by atoms with Gasteiger partial charge in [0.2, 0.25) is 5.91 Å². The van der Waals surface area contributed by atoms with Crippen molar-refractivity contribution in [1.82, 2.24) is 14.9 Å². The lowest BCUT2D eigenvalue weighted by Gasteiger charge is -2.31. The maximum Gasteiger partial charge on any atom is 0.250 e. The molecular weight excluding hydrogens is 474 g/mol. The first-order chi connectivity index (χ1) is 17.6. The summed E-state index contributed by atoms with van der Waals surface area (Å²) < 4.78 is 12.9. The molecule has 2 fully saturated rings. The number of pyridine rings is 1. The molecule has 188 valence electrons. The van der Waals surface area contributed by atoms with E-state index in [9.17, 15) is 4.79 Å². The summed E-state index contributed by atoms with van der Waals surface area (Å²) >= 11 is 5.90. The molecule has 9 heteroatoms. The lowest BCUT2D eigenvalue weighted by Crippen LogP contribution is -2.31. The molecule has 3 heterocycles. The van der Waals surface area contributed by atoms with Crippen LogP contribution in [0, 0.1) is 0 Å². The predicted octanol–water partition coefficient (Wildman–Crippen LogP) is 4.77. The maximum absolute atomic E-state index is 12.3. The van der Waals surface area contributed by atoms with Crippen molar-refractivity contribution in [3.63, 3.8) is 0 Å². The fraction of sp³-hybridized carbons (Fsp3) is 0.370. The van der Waals surface area contributed by atoms with Crippen molar-refractivity contribution >= 4 is 34.6 Å². The summed E-state index contributed by atoms with van der Waals surface area (Å²) in [6.07, 6.45) is 8.86. The van der Waals surface area contributed by atoms with Gasteiger partial charge in [0.1, 0.15) is 18.4 Å². The summed E-state index contributed by atoms with van der Waals surface area (Å²) in [5.41, 5.74) is 3.52. The van der Waals surface area contributed by atoms with Crippen LogP contribution in [0.2, 0.25) is 0 Å². The number of methoxy groups -OCH3 is 2. The molecule has 36 heavy (non-hydrogen) atoms. The van der Waals surface area contributed by atoms with Crippen LogP contribution in [-0.2, 0) is 9.53 Å². The summed E-state index contributed by atoms with van der Waals surface area (Å²) in [7, 11) is 3.07. The molecule has 5 rings (SSSR count). The number of benzene rings is 1. The van der Waals surface area contributed by atoms with Gasteiger partial charge >= 0.3 is 0 Å². The SMILES string of the molecule is COCC(=O)Nc1cc(N2C(=S)N[C@H](c3ccccn3)[C@H]2c2cccn2C2CCCC2)ccc1OC. The second kappa shape index (κ2) is 10.7. The largest absolute Gasteiger partial charge is 0.495 e.